The second-order valence-corrected chi connectivity index (χ2v) is 7.43. The minimum atomic E-state index is -0.723. The molecule has 0 aliphatic rings. The van der Waals surface area contributed by atoms with Crippen molar-refractivity contribution in [1.29, 1.82) is 0 Å². The van der Waals surface area contributed by atoms with Crippen LogP contribution < -0.4 is 5.32 Å². The topological polar surface area (TPSA) is 77.2 Å². The van der Waals surface area contributed by atoms with Crippen LogP contribution in [-0.4, -0.2) is 28.6 Å². The van der Waals surface area contributed by atoms with Crippen LogP contribution in [0.3, 0.4) is 0 Å². The molecule has 2 aromatic heterocycles. The third kappa shape index (κ3) is 5.63. The quantitative estimate of drug-likeness (QED) is 0.363. The summed E-state index contributed by atoms with van der Waals surface area (Å²) in [5, 5.41) is 3.18. The molecule has 0 fully saturated rings. The number of nitrogens with one attached hydrogen (secondary N) is 1. The van der Waals surface area contributed by atoms with Crippen LogP contribution in [0.5, 0.6) is 0 Å². The minimum absolute atomic E-state index is 0.254. The number of benzene rings is 2. The highest BCUT2D eigenvalue weighted by Gasteiger charge is 2.24. The van der Waals surface area contributed by atoms with E-state index in [2.05, 4.69) is 10.3 Å². The van der Waals surface area contributed by atoms with Crippen molar-refractivity contribution in [3.63, 3.8) is 0 Å². The molecule has 0 aliphatic carbocycles. The average molecular weight is 445 g/mol. The van der Waals surface area contributed by atoms with Gasteiger partial charge in [-0.1, -0.05) is 42.5 Å². The van der Waals surface area contributed by atoms with Crippen LogP contribution in [0, 0.1) is 5.82 Å². The number of halogens is 1. The molecule has 2 aromatic carbocycles. The van der Waals surface area contributed by atoms with Gasteiger partial charge in [0.1, 0.15) is 23.4 Å². The van der Waals surface area contributed by atoms with Gasteiger partial charge in [-0.2, -0.15) is 0 Å². The van der Waals surface area contributed by atoms with E-state index in [-0.39, 0.29) is 18.8 Å². The predicted octanol–water partition coefficient (Wildman–Crippen LogP) is 5.05. The number of carbonyl (C=O) groups excluding carboxylic acids is 1. The second kappa shape index (κ2) is 10.5. The first-order valence-corrected chi connectivity index (χ1v) is 10.7. The Labute approximate surface area is 191 Å². The largest absolute Gasteiger partial charge is 0.469 e. The summed E-state index contributed by atoms with van der Waals surface area (Å²) in [6, 6.07) is 19.0. The summed E-state index contributed by atoms with van der Waals surface area (Å²) in [6.45, 7) is 2.01. The Bertz CT molecular complexity index is 1200. The molecule has 33 heavy (non-hydrogen) atoms. The van der Waals surface area contributed by atoms with Gasteiger partial charge in [-0.3, -0.25) is 0 Å². The molecule has 4 aromatic rings. The van der Waals surface area contributed by atoms with E-state index in [1.807, 2.05) is 30.3 Å². The lowest BCUT2D eigenvalue weighted by Crippen LogP contribution is -2.34. The van der Waals surface area contributed by atoms with E-state index < -0.39 is 12.0 Å². The number of hydrogen-bond donors (Lipinski definition) is 1. The smallest absolute Gasteiger partial charge is 0.329 e. The molecule has 6 nitrogen and oxygen atoms in total. The van der Waals surface area contributed by atoms with Gasteiger partial charge in [0, 0.05) is 18.4 Å². The maximum absolute atomic E-state index is 14.4. The molecule has 2 heterocycles. The third-order valence-electron chi connectivity index (χ3n) is 5.08. The highest BCUT2D eigenvalue weighted by molar-refractivity contribution is 5.79. The van der Waals surface area contributed by atoms with Crippen molar-refractivity contribution in [1.82, 2.24) is 9.97 Å². The maximum Gasteiger partial charge on any atom is 0.329 e. The van der Waals surface area contributed by atoms with Crippen LogP contribution in [0.4, 0.5) is 10.2 Å². The lowest BCUT2D eigenvalue weighted by atomic mass is 10.1. The molecule has 0 bridgehead atoms. The number of furan rings is 1. The van der Waals surface area contributed by atoms with Crippen LogP contribution in [0.1, 0.15) is 23.9 Å². The molecule has 168 valence electrons. The third-order valence-corrected chi connectivity index (χ3v) is 5.08. The molecule has 4 rings (SSSR count). The summed E-state index contributed by atoms with van der Waals surface area (Å²) in [7, 11) is 0. The molecule has 0 radical (unpaired) electrons. The molecule has 0 saturated heterocycles. The number of anilines is 1. The van der Waals surface area contributed by atoms with E-state index in [0.717, 1.165) is 5.56 Å². The summed E-state index contributed by atoms with van der Waals surface area (Å²) >= 11 is 0. The van der Waals surface area contributed by atoms with Gasteiger partial charge >= 0.3 is 5.97 Å². The van der Waals surface area contributed by atoms with Crippen LogP contribution >= 0.6 is 0 Å². The summed E-state index contributed by atoms with van der Waals surface area (Å²) < 4.78 is 25.1. The number of hydrogen-bond acceptors (Lipinski definition) is 6. The van der Waals surface area contributed by atoms with E-state index in [1.165, 1.54) is 12.3 Å². The monoisotopic (exact) mass is 445 g/mol. The number of carbonyl (C=O) groups is 1. The van der Waals surface area contributed by atoms with E-state index in [1.54, 1.807) is 43.5 Å². The van der Waals surface area contributed by atoms with E-state index >= 15 is 0 Å². The van der Waals surface area contributed by atoms with Crippen molar-refractivity contribution in [2.75, 3.05) is 11.9 Å². The van der Waals surface area contributed by atoms with Crippen molar-refractivity contribution in [3.05, 3.63) is 102 Å². The van der Waals surface area contributed by atoms with Gasteiger partial charge in [0.25, 0.3) is 0 Å². The molecule has 0 spiro atoms. The van der Waals surface area contributed by atoms with Crippen LogP contribution in [0.15, 0.2) is 83.6 Å². The summed E-state index contributed by atoms with van der Waals surface area (Å²) in [6.07, 6.45) is 3.80. The highest BCUT2D eigenvalue weighted by atomic mass is 19.1. The number of esters is 1. The van der Waals surface area contributed by atoms with E-state index in [9.17, 15) is 9.18 Å². The summed E-state index contributed by atoms with van der Waals surface area (Å²) in [4.78, 5) is 21.9. The highest BCUT2D eigenvalue weighted by Crippen LogP contribution is 2.25. The predicted molar refractivity (Wildman–Crippen MR) is 123 cm³/mol. The van der Waals surface area contributed by atoms with Crippen molar-refractivity contribution >= 4 is 11.8 Å². The normalized spacial score (nSPS) is 11.7. The fourth-order valence-electron chi connectivity index (χ4n) is 3.49. The van der Waals surface area contributed by atoms with Gasteiger partial charge in [0.15, 0.2) is 0 Å². The van der Waals surface area contributed by atoms with Crippen molar-refractivity contribution in [2.45, 2.75) is 25.8 Å². The maximum atomic E-state index is 14.4. The molecule has 1 unspecified atom stereocenters. The van der Waals surface area contributed by atoms with Gasteiger partial charge < -0.3 is 14.5 Å². The van der Waals surface area contributed by atoms with E-state index in [4.69, 9.17) is 14.1 Å². The first-order chi connectivity index (χ1) is 16.1. The fraction of sp³-hybridized carbons (Fsp3) is 0.192. The zero-order valence-corrected chi connectivity index (χ0v) is 18.2. The summed E-state index contributed by atoms with van der Waals surface area (Å²) in [5.74, 6) is 0.282. The van der Waals surface area contributed by atoms with E-state index in [0.29, 0.717) is 35.0 Å². The Morgan fingerprint density at radius 1 is 1.09 bits per heavy atom. The Kier molecular flexibility index (Phi) is 7.09. The molecule has 0 saturated carbocycles. The van der Waals surface area contributed by atoms with Gasteiger partial charge in [0.05, 0.1) is 30.5 Å². The lowest BCUT2D eigenvalue weighted by Gasteiger charge is -2.19. The molecule has 0 amide bonds. The molecule has 1 atom stereocenters. The Morgan fingerprint density at radius 2 is 1.88 bits per heavy atom. The molecular formula is C26H24FN3O3. The number of rotatable bonds is 9. The first kappa shape index (κ1) is 22.2. The zero-order chi connectivity index (χ0) is 23.0. The Balaban J connectivity index is 1.70. The zero-order valence-electron chi connectivity index (χ0n) is 18.2. The molecule has 1 N–H and O–H groups in total. The van der Waals surface area contributed by atoms with Crippen molar-refractivity contribution in [3.8, 4) is 11.3 Å². The van der Waals surface area contributed by atoms with Crippen LogP contribution in [-0.2, 0) is 22.4 Å². The van der Waals surface area contributed by atoms with Gasteiger partial charge in [-0.25, -0.2) is 19.2 Å². The SMILES string of the molecule is CCOC(=O)C(Cc1ccco1)Nc1ncc(-c2ccccc2F)nc1Cc1ccccc1. The number of aromatic nitrogens is 2. The fourth-order valence-corrected chi connectivity index (χ4v) is 3.49. The van der Waals surface area contributed by atoms with Crippen molar-refractivity contribution < 1.29 is 18.3 Å². The number of ether oxygens (including phenoxy) is 1. The number of nitrogens with zero attached hydrogens (tertiary/aromatic N) is 2. The van der Waals surface area contributed by atoms with Crippen molar-refractivity contribution in [2.24, 2.45) is 0 Å². The van der Waals surface area contributed by atoms with Crippen LogP contribution in [0.25, 0.3) is 11.3 Å². The summed E-state index contributed by atoms with van der Waals surface area (Å²) in [5.41, 5.74) is 2.39. The molecule has 0 aliphatic heterocycles. The van der Waals surface area contributed by atoms with Gasteiger partial charge in [-0.15, -0.1) is 0 Å². The van der Waals surface area contributed by atoms with Gasteiger partial charge in [-0.05, 0) is 36.8 Å². The van der Waals surface area contributed by atoms with Crippen LogP contribution in [0.2, 0.25) is 0 Å². The molecule has 7 heteroatoms. The molecular weight excluding hydrogens is 421 g/mol. The van der Waals surface area contributed by atoms with Gasteiger partial charge in [0.2, 0.25) is 0 Å². The second-order valence-electron chi connectivity index (χ2n) is 7.43. The minimum Gasteiger partial charge on any atom is -0.469 e. The average Bonchev–Trinajstić information content (AvgIpc) is 3.34. The lowest BCUT2D eigenvalue weighted by molar-refractivity contribution is -0.144. The Hall–Kier alpha value is -4.00. The first-order valence-electron chi connectivity index (χ1n) is 10.7. The Morgan fingerprint density at radius 3 is 2.61 bits per heavy atom. The standard InChI is InChI=1S/C26H24FN3O3/c1-2-32-26(31)23(16-19-11-8-14-33-19)30-25-22(15-18-9-4-3-5-10-18)29-24(17-28-25)20-12-6-7-13-21(20)27/h3-14,17,23H,2,15-16H2,1H3,(H,28,30).